The highest BCUT2D eigenvalue weighted by Crippen LogP contribution is 2.29. The Labute approximate surface area is 110 Å². The van der Waals surface area contributed by atoms with E-state index in [9.17, 15) is 18.0 Å². The minimum atomic E-state index is -4.36. The largest absolute Gasteiger partial charge is 0.416 e. The van der Waals surface area contributed by atoms with Gasteiger partial charge in [0.15, 0.2) is 0 Å². The molecule has 0 aromatic heterocycles. The topological polar surface area (TPSA) is 20.3 Å². The van der Waals surface area contributed by atoms with E-state index in [1.165, 1.54) is 6.07 Å². The minimum Gasteiger partial charge on any atom is -0.342 e. The molecule has 1 aromatic rings. The first kappa shape index (κ1) is 13.9. The smallest absolute Gasteiger partial charge is 0.342 e. The molecule has 2 nitrogen and oxygen atoms in total. The Morgan fingerprint density at radius 3 is 2.47 bits per heavy atom. The van der Waals surface area contributed by atoms with Crippen molar-refractivity contribution in [1.29, 1.82) is 0 Å². The van der Waals surface area contributed by atoms with Gasteiger partial charge in [-0.05, 0) is 30.9 Å². The van der Waals surface area contributed by atoms with E-state index in [2.05, 4.69) is 0 Å². The highest BCUT2D eigenvalue weighted by atomic mass is 19.4. The zero-order valence-electron chi connectivity index (χ0n) is 10.5. The number of benzene rings is 1. The van der Waals surface area contributed by atoms with Gasteiger partial charge in [-0.1, -0.05) is 18.2 Å². The van der Waals surface area contributed by atoms with E-state index in [-0.39, 0.29) is 12.3 Å². The molecule has 1 aliphatic rings. The van der Waals surface area contributed by atoms with Crippen molar-refractivity contribution in [2.45, 2.75) is 31.9 Å². The van der Waals surface area contributed by atoms with Gasteiger partial charge in [0, 0.05) is 13.1 Å². The summed E-state index contributed by atoms with van der Waals surface area (Å²) in [5, 5.41) is 0. The molecular weight excluding hydrogens is 255 g/mol. The quantitative estimate of drug-likeness (QED) is 0.808. The van der Waals surface area contributed by atoms with Crippen LogP contribution in [0.3, 0.4) is 0 Å². The van der Waals surface area contributed by atoms with Crippen molar-refractivity contribution < 1.29 is 18.0 Å². The third-order valence-corrected chi connectivity index (χ3v) is 3.32. The van der Waals surface area contributed by atoms with E-state index in [4.69, 9.17) is 0 Å². The number of carbonyl (C=O) groups excluding carboxylic acids is 1. The molecule has 2 rings (SSSR count). The van der Waals surface area contributed by atoms with E-state index in [0.717, 1.165) is 44.5 Å². The van der Waals surface area contributed by atoms with Gasteiger partial charge >= 0.3 is 6.18 Å². The standard InChI is InChI=1S/C14H16F3NO/c15-14(16,17)12-6-4-5-11(9-12)10-13(19)18-7-2-1-3-8-18/h4-6,9H,1-3,7-8,10H2. The molecule has 1 aliphatic heterocycles. The first-order valence-corrected chi connectivity index (χ1v) is 6.41. The molecule has 19 heavy (non-hydrogen) atoms. The van der Waals surface area contributed by atoms with E-state index in [1.807, 2.05) is 0 Å². The van der Waals surface area contributed by atoms with Gasteiger partial charge in [0.1, 0.15) is 0 Å². The molecule has 5 heteroatoms. The second-order valence-corrected chi connectivity index (χ2v) is 4.82. The highest BCUT2D eigenvalue weighted by Gasteiger charge is 2.30. The third-order valence-electron chi connectivity index (χ3n) is 3.32. The van der Waals surface area contributed by atoms with Crippen LogP contribution in [0.25, 0.3) is 0 Å². The lowest BCUT2D eigenvalue weighted by Crippen LogP contribution is -2.36. The molecule has 1 fully saturated rings. The number of likely N-dealkylation sites (tertiary alicyclic amines) is 1. The van der Waals surface area contributed by atoms with Crippen LogP contribution in [0.5, 0.6) is 0 Å². The number of amides is 1. The normalized spacial score (nSPS) is 16.5. The summed E-state index contributed by atoms with van der Waals surface area (Å²) in [6.07, 6.45) is -1.23. The molecule has 0 N–H and O–H groups in total. The molecular formula is C14H16F3NO. The van der Waals surface area contributed by atoms with Gasteiger partial charge in [-0.3, -0.25) is 4.79 Å². The second kappa shape index (κ2) is 5.63. The minimum absolute atomic E-state index is 0.0456. The van der Waals surface area contributed by atoms with Gasteiger partial charge in [-0.15, -0.1) is 0 Å². The summed E-state index contributed by atoms with van der Waals surface area (Å²) in [6, 6.07) is 5.00. The van der Waals surface area contributed by atoms with Gasteiger partial charge in [0.25, 0.3) is 0 Å². The Bertz CT molecular complexity index is 450. The molecule has 1 aromatic carbocycles. The average molecular weight is 271 g/mol. The molecule has 1 saturated heterocycles. The maximum absolute atomic E-state index is 12.6. The number of rotatable bonds is 2. The fourth-order valence-electron chi connectivity index (χ4n) is 2.29. The lowest BCUT2D eigenvalue weighted by Gasteiger charge is -2.26. The van der Waals surface area contributed by atoms with Crippen LogP contribution < -0.4 is 0 Å². The summed E-state index contributed by atoms with van der Waals surface area (Å²) in [5.41, 5.74) is -0.276. The number of halogens is 3. The molecule has 0 radical (unpaired) electrons. The number of alkyl halides is 3. The van der Waals surface area contributed by atoms with E-state index in [0.29, 0.717) is 5.56 Å². The van der Waals surface area contributed by atoms with Crippen LogP contribution in [0.2, 0.25) is 0 Å². The molecule has 1 heterocycles. The number of hydrogen-bond donors (Lipinski definition) is 0. The number of hydrogen-bond acceptors (Lipinski definition) is 1. The van der Waals surface area contributed by atoms with Gasteiger partial charge in [0.2, 0.25) is 5.91 Å². The first-order valence-electron chi connectivity index (χ1n) is 6.41. The molecule has 1 amide bonds. The maximum atomic E-state index is 12.6. The number of nitrogens with zero attached hydrogens (tertiary/aromatic N) is 1. The summed E-state index contributed by atoms with van der Waals surface area (Å²) in [7, 11) is 0. The molecule has 0 spiro atoms. The van der Waals surface area contributed by atoms with E-state index < -0.39 is 11.7 Å². The van der Waals surface area contributed by atoms with Crippen molar-refractivity contribution in [1.82, 2.24) is 4.90 Å². The molecule has 0 bridgehead atoms. The molecule has 104 valence electrons. The molecule has 0 saturated carbocycles. The predicted octanol–water partition coefficient (Wildman–Crippen LogP) is 3.26. The fourth-order valence-corrected chi connectivity index (χ4v) is 2.29. The zero-order valence-corrected chi connectivity index (χ0v) is 10.5. The molecule has 0 atom stereocenters. The van der Waals surface area contributed by atoms with Crippen LogP contribution >= 0.6 is 0 Å². The average Bonchev–Trinajstić information content (AvgIpc) is 2.39. The Balaban J connectivity index is 2.04. The predicted molar refractivity (Wildman–Crippen MR) is 65.6 cm³/mol. The Kier molecular flexibility index (Phi) is 4.12. The fraction of sp³-hybridized carbons (Fsp3) is 0.500. The second-order valence-electron chi connectivity index (χ2n) is 4.82. The summed E-state index contributed by atoms with van der Waals surface area (Å²) >= 11 is 0. The zero-order chi connectivity index (χ0) is 13.9. The first-order chi connectivity index (χ1) is 8.97. The van der Waals surface area contributed by atoms with Crippen LogP contribution in [0.4, 0.5) is 13.2 Å². The Morgan fingerprint density at radius 1 is 1.16 bits per heavy atom. The summed E-state index contributed by atoms with van der Waals surface area (Å²) in [5.74, 6) is -0.0842. The van der Waals surface area contributed by atoms with Crippen LogP contribution in [0.15, 0.2) is 24.3 Å². The SMILES string of the molecule is O=C(Cc1cccc(C(F)(F)F)c1)N1CCCCC1. The summed E-state index contributed by atoms with van der Waals surface area (Å²) in [6.45, 7) is 1.44. The van der Waals surface area contributed by atoms with Crippen LogP contribution in [0, 0.1) is 0 Å². The summed E-state index contributed by atoms with van der Waals surface area (Å²) < 4.78 is 37.7. The Hall–Kier alpha value is -1.52. The van der Waals surface area contributed by atoms with Gasteiger partial charge < -0.3 is 4.90 Å². The number of piperidine rings is 1. The Morgan fingerprint density at radius 2 is 1.84 bits per heavy atom. The molecule has 0 unspecified atom stereocenters. The van der Waals surface area contributed by atoms with Crippen LogP contribution in [0.1, 0.15) is 30.4 Å². The van der Waals surface area contributed by atoms with Crippen molar-refractivity contribution in [2.75, 3.05) is 13.1 Å². The van der Waals surface area contributed by atoms with Gasteiger partial charge in [-0.2, -0.15) is 13.2 Å². The van der Waals surface area contributed by atoms with Crippen molar-refractivity contribution in [3.63, 3.8) is 0 Å². The lowest BCUT2D eigenvalue weighted by molar-refractivity contribution is -0.138. The van der Waals surface area contributed by atoms with E-state index >= 15 is 0 Å². The monoisotopic (exact) mass is 271 g/mol. The molecule has 0 aliphatic carbocycles. The van der Waals surface area contributed by atoms with Crippen molar-refractivity contribution in [3.05, 3.63) is 35.4 Å². The van der Waals surface area contributed by atoms with E-state index in [1.54, 1.807) is 11.0 Å². The van der Waals surface area contributed by atoms with Gasteiger partial charge in [0.05, 0.1) is 12.0 Å². The van der Waals surface area contributed by atoms with Crippen LogP contribution in [-0.2, 0) is 17.4 Å². The third kappa shape index (κ3) is 3.72. The lowest BCUT2D eigenvalue weighted by atomic mass is 10.1. The maximum Gasteiger partial charge on any atom is 0.416 e. The van der Waals surface area contributed by atoms with Gasteiger partial charge in [-0.25, -0.2) is 0 Å². The van der Waals surface area contributed by atoms with Crippen molar-refractivity contribution in [3.8, 4) is 0 Å². The van der Waals surface area contributed by atoms with Crippen molar-refractivity contribution >= 4 is 5.91 Å². The van der Waals surface area contributed by atoms with Crippen LogP contribution in [-0.4, -0.2) is 23.9 Å². The highest BCUT2D eigenvalue weighted by molar-refractivity contribution is 5.78. The number of carbonyl (C=O) groups is 1. The van der Waals surface area contributed by atoms with Crippen molar-refractivity contribution in [2.24, 2.45) is 0 Å². The summed E-state index contributed by atoms with van der Waals surface area (Å²) in [4.78, 5) is 13.7.